The Morgan fingerprint density at radius 3 is 2.88 bits per heavy atom. The number of carbonyl (C=O) groups is 1. The number of hydrogen-bond acceptors (Lipinski definition) is 5. The minimum atomic E-state index is -0.477. The average Bonchev–Trinajstić information content (AvgIpc) is 3.01. The number of carbonyl (C=O) groups excluding carboxylic acids is 1. The van der Waals surface area contributed by atoms with Crippen LogP contribution in [0.2, 0.25) is 6.82 Å². The third-order valence-electron chi connectivity index (χ3n) is 3.98. The number of fused-ring (bicyclic) bond motifs is 1. The van der Waals surface area contributed by atoms with Crippen molar-refractivity contribution in [3.8, 4) is 17.2 Å². The van der Waals surface area contributed by atoms with Crippen LogP contribution in [0.1, 0.15) is 12.5 Å². The van der Waals surface area contributed by atoms with Crippen LogP contribution in [0.3, 0.4) is 0 Å². The number of ether oxygens (including phenoxy) is 3. The Morgan fingerprint density at radius 2 is 2.12 bits per heavy atom. The van der Waals surface area contributed by atoms with Gasteiger partial charge in [0.15, 0.2) is 23.8 Å². The molecule has 1 aliphatic heterocycles. The van der Waals surface area contributed by atoms with Gasteiger partial charge in [-0.15, -0.1) is 0 Å². The molecule has 0 saturated carbocycles. The summed E-state index contributed by atoms with van der Waals surface area (Å²) in [6.07, 6.45) is 0. The van der Waals surface area contributed by atoms with E-state index in [0.29, 0.717) is 29.5 Å². The van der Waals surface area contributed by atoms with Crippen LogP contribution in [-0.2, 0) is 20.8 Å². The van der Waals surface area contributed by atoms with Gasteiger partial charge in [0, 0.05) is 0 Å². The summed E-state index contributed by atoms with van der Waals surface area (Å²) in [6, 6.07) is 10.6. The summed E-state index contributed by atoms with van der Waals surface area (Å²) in [5.41, 5.74) is 2.63. The molecule has 0 bridgehead atoms. The van der Waals surface area contributed by atoms with E-state index in [0.717, 1.165) is 11.0 Å². The van der Waals surface area contributed by atoms with Crippen molar-refractivity contribution in [2.45, 2.75) is 20.4 Å². The van der Waals surface area contributed by atoms with Crippen molar-refractivity contribution < 1.29 is 23.7 Å². The maximum Gasteiger partial charge on any atom is 0.344 e. The van der Waals surface area contributed by atoms with Gasteiger partial charge in [-0.05, 0) is 42.2 Å². The summed E-state index contributed by atoms with van der Waals surface area (Å²) in [4.78, 5) is 14.9. The monoisotopic (exact) mass is 351 g/mol. The molecule has 1 aliphatic rings. The summed E-state index contributed by atoms with van der Waals surface area (Å²) >= 11 is 0. The van der Waals surface area contributed by atoms with Gasteiger partial charge in [-0.25, -0.2) is 9.64 Å². The van der Waals surface area contributed by atoms with Gasteiger partial charge in [-0.2, -0.15) is 0 Å². The minimum Gasteiger partial charge on any atom is -0.479 e. The Morgan fingerprint density at radius 1 is 1.27 bits per heavy atom. The summed E-state index contributed by atoms with van der Waals surface area (Å²) in [5, 5.41) is 0. The number of esters is 1. The van der Waals surface area contributed by atoms with Crippen LogP contribution in [-0.4, -0.2) is 26.1 Å². The van der Waals surface area contributed by atoms with E-state index in [9.17, 15) is 4.79 Å². The lowest BCUT2D eigenvalue weighted by molar-refractivity contribution is -0.145. The van der Waals surface area contributed by atoms with Crippen molar-refractivity contribution in [2.75, 3.05) is 13.2 Å². The first-order chi connectivity index (χ1) is 12.6. The van der Waals surface area contributed by atoms with Gasteiger partial charge in [-0.1, -0.05) is 19.0 Å². The topological polar surface area (TPSA) is 58.3 Å². The molecule has 0 N–H and O–H groups in total. The highest BCUT2D eigenvalue weighted by atomic mass is 16.6. The second-order valence-electron chi connectivity index (χ2n) is 5.75. The molecule has 0 atom stereocenters. The van der Waals surface area contributed by atoms with Gasteiger partial charge in [0.25, 0.3) is 0 Å². The van der Waals surface area contributed by atoms with Gasteiger partial charge in [-0.3, -0.25) is 0 Å². The first-order valence-electron chi connectivity index (χ1n) is 8.33. The summed E-state index contributed by atoms with van der Waals surface area (Å²) in [7, 11) is 0. The van der Waals surface area contributed by atoms with Crippen molar-refractivity contribution in [3.63, 3.8) is 0 Å². The van der Waals surface area contributed by atoms with E-state index in [1.165, 1.54) is 0 Å². The molecule has 0 unspecified atom stereocenters. The number of benzene rings is 2. The average molecular weight is 351 g/mol. The van der Waals surface area contributed by atoms with Crippen LogP contribution in [0.15, 0.2) is 36.4 Å². The lowest BCUT2D eigenvalue weighted by atomic mass is 9.64. The summed E-state index contributed by atoms with van der Waals surface area (Å²) < 4.78 is 21.9. The first-order valence-corrected chi connectivity index (χ1v) is 8.33. The zero-order valence-corrected chi connectivity index (χ0v) is 14.7. The molecular weight excluding hydrogens is 333 g/mol. The molecule has 0 saturated heterocycles. The van der Waals surface area contributed by atoms with Gasteiger partial charge in [0.2, 0.25) is 0 Å². The SMILES string of the molecule is [C-]#[N+]c1ccc(Oc2ccc3c(c2)COB3C)c(OCC(=O)OCC)c1. The van der Waals surface area contributed by atoms with Crippen molar-refractivity contribution in [1.82, 2.24) is 0 Å². The Kier molecular flexibility index (Phi) is 5.44. The molecular formula is C19H18BNO5. The van der Waals surface area contributed by atoms with Crippen LogP contribution < -0.4 is 14.9 Å². The maximum absolute atomic E-state index is 11.5. The Hall–Kier alpha value is -2.98. The van der Waals surface area contributed by atoms with Crippen LogP contribution in [0.25, 0.3) is 4.85 Å². The van der Waals surface area contributed by atoms with E-state index < -0.39 is 5.97 Å². The molecule has 7 heteroatoms. The molecule has 0 radical (unpaired) electrons. The normalized spacial score (nSPS) is 12.3. The number of hydrogen-bond donors (Lipinski definition) is 0. The van der Waals surface area contributed by atoms with Gasteiger partial charge < -0.3 is 18.9 Å². The predicted octanol–water partition coefficient (Wildman–Crippen LogP) is 3.33. The summed E-state index contributed by atoms with van der Waals surface area (Å²) in [6.45, 7) is 11.5. The molecule has 0 amide bonds. The Bertz CT molecular complexity index is 861. The largest absolute Gasteiger partial charge is 0.479 e. The Balaban J connectivity index is 1.80. The molecule has 0 fully saturated rings. The Labute approximate surface area is 152 Å². The molecule has 2 aromatic rings. The van der Waals surface area contributed by atoms with E-state index in [-0.39, 0.29) is 20.1 Å². The highest BCUT2D eigenvalue weighted by Gasteiger charge is 2.23. The van der Waals surface area contributed by atoms with Crippen molar-refractivity contribution >= 4 is 24.0 Å². The van der Waals surface area contributed by atoms with Gasteiger partial charge >= 0.3 is 12.9 Å². The van der Waals surface area contributed by atoms with Crippen LogP contribution in [0.5, 0.6) is 17.2 Å². The second-order valence-corrected chi connectivity index (χ2v) is 5.75. The molecule has 26 heavy (non-hydrogen) atoms. The van der Waals surface area contributed by atoms with Crippen LogP contribution in [0, 0.1) is 6.57 Å². The predicted molar refractivity (Wildman–Crippen MR) is 97.4 cm³/mol. The molecule has 0 spiro atoms. The third kappa shape index (κ3) is 3.98. The van der Waals surface area contributed by atoms with Crippen molar-refractivity contribution in [3.05, 3.63) is 53.4 Å². The van der Waals surface area contributed by atoms with E-state index >= 15 is 0 Å². The summed E-state index contributed by atoms with van der Waals surface area (Å²) in [5.74, 6) is 0.901. The standard InChI is InChI=1S/C19H18BNO5/c1-4-23-19(22)12-24-18-10-14(21-3)5-8-17(18)26-15-6-7-16-13(9-15)11-25-20(16)2/h5-10H,4,11-12H2,1-2H3. The zero-order chi connectivity index (χ0) is 18.5. The fraction of sp³-hybridized carbons (Fsp3) is 0.263. The fourth-order valence-electron chi connectivity index (χ4n) is 2.70. The molecule has 0 aliphatic carbocycles. The van der Waals surface area contributed by atoms with Crippen molar-refractivity contribution in [1.29, 1.82) is 0 Å². The highest BCUT2D eigenvalue weighted by Crippen LogP contribution is 2.35. The third-order valence-corrected chi connectivity index (χ3v) is 3.98. The molecule has 3 rings (SSSR count). The van der Waals surface area contributed by atoms with Gasteiger partial charge in [0.05, 0.1) is 19.8 Å². The maximum atomic E-state index is 11.5. The lowest BCUT2D eigenvalue weighted by Crippen LogP contribution is -2.23. The molecule has 0 aromatic heterocycles. The number of rotatable bonds is 6. The van der Waals surface area contributed by atoms with E-state index in [1.54, 1.807) is 25.1 Å². The molecule has 2 aromatic carbocycles. The number of nitrogens with zero attached hydrogens (tertiary/aromatic N) is 1. The van der Waals surface area contributed by atoms with E-state index in [2.05, 4.69) is 4.85 Å². The lowest BCUT2D eigenvalue weighted by Gasteiger charge is -2.13. The van der Waals surface area contributed by atoms with Crippen molar-refractivity contribution in [2.24, 2.45) is 0 Å². The van der Waals surface area contributed by atoms with Crippen LogP contribution in [0.4, 0.5) is 5.69 Å². The zero-order valence-electron chi connectivity index (χ0n) is 14.7. The molecule has 1 heterocycles. The molecule has 132 valence electrons. The van der Waals surface area contributed by atoms with E-state index in [1.807, 2.05) is 25.0 Å². The fourth-order valence-corrected chi connectivity index (χ4v) is 2.70. The molecule has 6 nitrogen and oxygen atoms in total. The first kappa shape index (κ1) is 17.8. The second kappa shape index (κ2) is 7.94. The minimum absolute atomic E-state index is 0.0838. The van der Waals surface area contributed by atoms with Gasteiger partial charge in [0.1, 0.15) is 5.75 Å². The smallest absolute Gasteiger partial charge is 0.344 e. The van der Waals surface area contributed by atoms with Crippen LogP contribution >= 0.6 is 0 Å². The highest BCUT2D eigenvalue weighted by molar-refractivity contribution is 6.67. The quantitative estimate of drug-likeness (QED) is 0.454. The van der Waals surface area contributed by atoms with E-state index in [4.69, 9.17) is 25.4 Å².